The molecule has 19 N–H and O–H groups in total. The second kappa shape index (κ2) is 49.2. The normalized spacial score (nSPS) is 18.1. The predicted molar refractivity (Wildman–Crippen MR) is 478 cm³/mol. The number of aliphatic carboxylic acids is 1. The lowest BCUT2D eigenvalue weighted by Crippen LogP contribution is -2.61. The number of aliphatic hydroxyl groups excluding tert-OH is 1. The molecule has 0 spiro atoms. The Bertz CT molecular complexity index is 4670. The van der Waals surface area contributed by atoms with Gasteiger partial charge in [0.15, 0.2) is 0 Å². The number of carboxylic acid groups (broad SMARTS) is 1. The van der Waals surface area contributed by atoms with Crippen molar-refractivity contribution in [3.8, 4) is 0 Å². The maximum atomic E-state index is 15.5. The van der Waals surface area contributed by atoms with Crippen LogP contribution in [-0.4, -0.2) is 270 Å². The molecule has 702 valence electrons. The molecule has 8 rings (SSSR count). The number of rotatable bonds is 49. The molecule has 0 bridgehead atoms. The van der Waals surface area contributed by atoms with Crippen molar-refractivity contribution in [2.24, 2.45) is 29.0 Å². The molecule has 37 nitrogen and oxygen atoms in total. The highest BCUT2D eigenvalue weighted by Crippen LogP contribution is 2.30. The number of β-amino-alcohol motifs (C(OH)–C–C–N with tert-alkyl or cyclic N) is 1. The zero-order valence-corrected chi connectivity index (χ0v) is 75.5. The Labute approximate surface area is 747 Å². The van der Waals surface area contributed by atoms with Gasteiger partial charge in [0, 0.05) is 106 Å². The molecule has 14 atom stereocenters. The lowest BCUT2D eigenvalue weighted by Gasteiger charge is -2.38. The number of nitrogens with two attached hydrogens (primary N) is 3. The van der Waals surface area contributed by atoms with E-state index in [0.717, 1.165) is 16.5 Å². The molecular weight excluding hydrogens is 1650 g/mol. The molecule has 2 aromatic heterocycles. The van der Waals surface area contributed by atoms with Crippen molar-refractivity contribution < 1.29 is 87.3 Å². The van der Waals surface area contributed by atoms with Crippen molar-refractivity contribution in [3.63, 3.8) is 0 Å². The summed E-state index contributed by atoms with van der Waals surface area (Å²) >= 11 is 0. The highest BCUT2D eigenvalue weighted by atomic mass is 16.5. The number of piperidine rings is 1. The first-order chi connectivity index (χ1) is 61.0. The third-order valence-electron chi connectivity index (χ3n) is 24.2. The minimum atomic E-state index is -1.60. The van der Waals surface area contributed by atoms with Gasteiger partial charge in [-0.3, -0.25) is 71.9 Å². The average molecular weight is 1780 g/mol. The van der Waals surface area contributed by atoms with E-state index < -0.39 is 174 Å². The van der Waals surface area contributed by atoms with Gasteiger partial charge in [0.25, 0.3) is 0 Å². The van der Waals surface area contributed by atoms with E-state index in [1.165, 1.54) is 43.2 Å². The summed E-state index contributed by atoms with van der Waals surface area (Å²) in [6.07, 6.45) is 6.60. The van der Waals surface area contributed by atoms with E-state index in [1.807, 2.05) is 72.7 Å². The Morgan fingerprint density at radius 1 is 0.570 bits per heavy atom. The van der Waals surface area contributed by atoms with E-state index in [2.05, 4.69) is 53.0 Å². The molecule has 0 radical (unpaired) electrons. The van der Waals surface area contributed by atoms with Gasteiger partial charge < -0.3 is 109 Å². The molecule has 1 unspecified atom stereocenters. The van der Waals surface area contributed by atoms with Crippen LogP contribution < -0.4 is 65.2 Å². The van der Waals surface area contributed by atoms with E-state index in [0.29, 0.717) is 79.0 Å². The average Bonchev–Trinajstić information content (AvgIpc) is 1.72. The number of likely N-dealkylation sites (tertiary alicyclic amines) is 3. The number of carbonyl (C=O) groups is 15. The van der Waals surface area contributed by atoms with Crippen molar-refractivity contribution in [1.82, 2.24) is 82.1 Å². The number of aromatic amines is 1. The molecule has 0 saturated carbocycles. The number of amides is 14. The molecule has 3 aliphatic heterocycles. The number of nitrogens with zero attached hydrogens (tertiary/aromatic N) is 6. The quantitative estimate of drug-likeness (QED) is 0.0196. The molecule has 37 heteroatoms. The zero-order valence-electron chi connectivity index (χ0n) is 75.5. The number of likely N-dealkylation sites (N-methyl/N-ethyl adjacent to an activating group) is 2. The SMILES string of the molecule is CCCC[C@@H](C(=O)N(C)[C@@H](CCCC)C(=O)N[C@@H](CC(C)C)C(=O)NCCCCC(=O)NC(C(=O)N1CCCC[C@H]1C(=O)N[C@@H](CC(N)=O)C(=O)N1CCC[C@H]1C(=O)N[C@@H](CN)C(=O)N[C@@H](CC(C)C)C(=O)N1C[C@H](O)C[C@H]1C)c1ccc(C)cc1)N(C)C(=O)[C@H](Cc1cn(CC(=O)O)c2ccccc12)NC(=O)[C@H](CCN)NC(=O)[C@H](Cc1c[nH]c2ccccc12)NO. The van der Waals surface area contributed by atoms with E-state index in [-0.39, 0.29) is 140 Å². The fourth-order valence-corrected chi connectivity index (χ4v) is 17.2. The van der Waals surface area contributed by atoms with Crippen LogP contribution in [0, 0.1) is 18.8 Å². The minimum Gasteiger partial charge on any atom is -0.480 e. The number of fused-ring (bicyclic) bond motifs is 2. The van der Waals surface area contributed by atoms with Crippen molar-refractivity contribution in [2.75, 3.05) is 53.4 Å². The number of aryl methyl sites for hydroxylation is 1. The maximum absolute atomic E-state index is 15.5. The molecular formula is C91H135N19O18. The molecule has 128 heavy (non-hydrogen) atoms. The monoisotopic (exact) mass is 1780 g/mol. The van der Waals surface area contributed by atoms with Crippen LogP contribution in [-0.2, 0) is 91.3 Å². The summed E-state index contributed by atoms with van der Waals surface area (Å²) in [5, 5.41) is 54.2. The first-order valence-corrected chi connectivity index (χ1v) is 45.0. The van der Waals surface area contributed by atoms with Gasteiger partial charge in [-0.05, 0) is 145 Å². The number of benzene rings is 3. The number of nitrogens with one attached hydrogen (secondary N) is 10. The summed E-state index contributed by atoms with van der Waals surface area (Å²) in [4.78, 5) is 224. The van der Waals surface area contributed by atoms with Gasteiger partial charge in [0.1, 0.15) is 79.0 Å². The van der Waals surface area contributed by atoms with Gasteiger partial charge in [-0.2, -0.15) is 5.48 Å². The lowest BCUT2D eigenvalue weighted by molar-refractivity contribution is -0.149. The molecule has 5 heterocycles. The summed E-state index contributed by atoms with van der Waals surface area (Å²) in [6, 6.07) is 5.72. The van der Waals surface area contributed by atoms with Crippen LogP contribution in [0.15, 0.2) is 85.2 Å². The van der Waals surface area contributed by atoms with Crippen LogP contribution in [0.3, 0.4) is 0 Å². The number of aromatic nitrogens is 2. The number of H-pyrrole nitrogens is 1. The number of aliphatic hydroxyl groups is 1. The first-order valence-electron chi connectivity index (χ1n) is 45.0. The van der Waals surface area contributed by atoms with E-state index in [1.54, 1.807) is 67.8 Å². The molecule has 14 amide bonds. The van der Waals surface area contributed by atoms with Crippen LogP contribution in [0.25, 0.3) is 21.8 Å². The molecule has 3 aromatic carbocycles. The summed E-state index contributed by atoms with van der Waals surface area (Å²) in [5.41, 5.74) is 23.6. The van der Waals surface area contributed by atoms with Crippen molar-refractivity contribution in [1.29, 1.82) is 0 Å². The summed E-state index contributed by atoms with van der Waals surface area (Å²) in [5.74, 6) is -11.1. The fourth-order valence-electron chi connectivity index (χ4n) is 17.2. The number of para-hydroxylation sites is 2. The number of hydroxylamine groups is 1. The number of carbonyl (C=O) groups excluding carboxylic acids is 14. The van der Waals surface area contributed by atoms with Crippen molar-refractivity contribution in [2.45, 2.75) is 281 Å². The summed E-state index contributed by atoms with van der Waals surface area (Å²) < 4.78 is 1.50. The first kappa shape index (κ1) is 102. The Balaban J connectivity index is 0.908. The molecule has 3 fully saturated rings. The van der Waals surface area contributed by atoms with Gasteiger partial charge in [-0.1, -0.05) is 133 Å². The van der Waals surface area contributed by atoms with Gasteiger partial charge in [0.2, 0.25) is 82.7 Å². The summed E-state index contributed by atoms with van der Waals surface area (Å²) in [7, 11) is 2.88. The van der Waals surface area contributed by atoms with Crippen molar-refractivity contribution in [3.05, 3.63) is 107 Å². The zero-order chi connectivity index (χ0) is 93.8. The number of primary amides is 1. The van der Waals surface area contributed by atoms with Gasteiger partial charge in [-0.25, -0.2) is 0 Å². The topological polar surface area (TPSA) is 540 Å². The smallest absolute Gasteiger partial charge is 0.323 e. The van der Waals surface area contributed by atoms with E-state index in [4.69, 9.17) is 17.2 Å². The fraction of sp³-hybridized carbons (Fsp3) is 0.593. The summed E-state index contributed by atoms with van der Waals surface area (Å²) in [6.45, 7) is 14.3. The predicted octanol–water partition coefficient (Wildman–Crippen LogP) is 2.36. The maximum Gasteiger partial charge on any atom is 0.323 e. The van der Waals surface area contributed by atoms with E-state index in [9.17, 15) is 73.0 Å². The standard InChI is InChI=1S/C91H135N19O18/c1-11-13-27-72(105(9)90(126)75(28-14-12-2)106(10)87(123)68(46-59-50-107(52-78(114)115)71-29-18-16-25-62(59)71)100-81(117)64(37-38-92)97-82(118)66(104-128)45-58-49-96-63-26-17-15-24-61(58)63)84(120)98-65(42-53(3)4)80(116)95-39-21-19-32-77(113)103-79(57-35-33-55(7)34-36-57)91(127)109-40-22-20-30-73(109)85(121)101-69(47-76(94)112)88(124)108-41-23-31-74(108)86(122)102-70(48-93)83(119)99-67(43-54(5)6)89(125)110-51-60(111)44-56(110)8/h15-18,24-26,29,33-36,49-50,53-54,56,60,64-70,72-75,79,96,104,111,128H,11-14,19-23,27-28,30-32,37-48,51-52,92-93H2,1-10H3,(H2,94,112)(H,95,116)(H,97,118)(H,98,120)(H,99,119)(H,100,117)(H,101,121)(H,102,122)(H,103,113)(H,114,115)/t56-,60-,64+,65+,66+,67+,68+,69+,70+,72+,73+,74+,75+,79?/m1/s1. The Hall–Kier alpha value is -11.4. The Kier molecular flexibility index (Phi) is 39.2. The Morgan fingerprint density at radius 2 is 1.13 bits per heavy atom. The largest absolute Gasteiger partial charge is 0.480 e. The second-order valence-electron chi connectivity index (χ2n) is 35.1. The molecule has 5 aromatic rings. The highest BCUT2D eigenvalue weighted by Gasteiger charge is 2.45. The van der Waals surface area contributed by atoms with E-state index >= 15 is 14.4 Å². The minimum absolute atomic E-state index is 0.00501. The van der Waals surface area contributed by atoms with Crippen LogP contribution in [0.2, 0.25) is 0 Å². The van der Waals surface area contributed by atoms with Crippen LogP contribution in [0.4, 0.5) is 0 Å². The van der Waals surface area contributed by atoms with Crippen LogP contribution in [0.1, 0.15) is 199 Å². The Morgan fingerprint density at radius 3 is 1.76 bits per heavy atom. The third kappa shape index (κ3) is 28.0. The van der Waals surface area contributed by atoms with Gasteiger partial charge >= 0.3 is 5.97 Å². The molecule has 3 saturated heterocycles. The number of hydrogen-bond acceptors (Lipinski definition) is 20. The molecule has 0 aliphatic carbocycles. The highest BCUT2D eigenvalue weighted by molar-refractivity contribution is 6.01. The number of unbranched alkanes of at least 4 members (excludes halogenated alkanes) is 3. The van der Waals surface area contributed by atoms with Gasteiger partial charge in [-0.15, -0.1) is 0 Å². The number of carboxylic acids is 1. The van der Waals surface area contributed by atoms with Crippen molar-refractivity contribution >= 4 is 110 Å². The third-order valence-corrected chi connectivity index (χ3v) is 24.2. The van der Waals surface area contributed by atoms with Crippen LogP contribution in [0.5, 0.6) is 0 Å². The van der Waals surface area contributed by atoms with Crippen LogP contribution >= 0.6 is 0 Å². The second-order valence-corrected chi connectivity index (χ2v) is 35.1. The lowest BCUT2D eigenvalue weighted by atomic mass is 9.97. The molecule has 3 aliphatic rings. The van der Waals surface area contributed by atoms with Gasteiger partial charge in [0.05, 0.1) is 12.5 Å². The number of hydrogen-bond donors (Lipinski definition) is 16.